The first kappa shape index (κ1) is 12.4. The number of carbonyl (C=O) groups excluding carboxylic acids is 1. The second-order valence-electron chi connectivity index (χ2n) is 3.24. The average molecular weight is 280 g/mol. The average Bonchev–Trinajstić information content (AvgIpc) is 2.70. The Morgan fingerprint density at radius 2 is 2.11 bits per heavy atom. The maximum atomic E-state index is 10.9. The number of hydrogen-bond donors (Lipinski definition) is 1. The highest BCUT2D eigenvalue weighted by Gasteiger charge is 2.13. The molecule has 1 heterocycles. The first-order valence-corrected chi connectivity index (χ1v) is 5.90. The number of nitrogens with two attached hydrogens (primary N) is 1. The van der Waals surface area contributed by atoms with Gasteiger partial charge in [-0.2, -0.15) is 9.64 Å². The first-order chi connectivity index (χ1) is 8.61. The van der Waals surface area contributed by atoms with E-state index in [0.29, 0.717) is 16.4 Å². The summed E-state index contributed by atoms with van der Waals surface area (Å²) in [6.07, 6.45) is 0. The molecule has 1 aromatic heterocycles. The molecule has 0 saturated heterocycles. The molecule has 0 bridgehead atoms. The first-order valence-electron chi connectivity index (χ1n) is 4.75. The zero-order chi connectivity index (χ0) is 13.1. The lowest BCUT2D eigenvalue weighted by molar-refractivity contribution is 0.100. The van der Waals surface area contributed by atoms with Crippen molar-refractivity contribution < 1.29 is 9.53 Å². The SMILES string of the molecule is N#Cc1c(Cl)nsc1Oc1ccc(C(N)=O)cc1. The number of hydrogen-bond acceptors (Lipinski definition) is 5. The Bertz CT molecular complexity index is 631. The van der Waals surface area contributed by atoms with Crippen LogP contribution in [0.1, 0.15) is 15.9 Å². The molecule has 18 heavy (non-hydrogen) atoms. The van der Waals surface area contributed by atoms with Crippen molar-refractivity contribution in [2.24, 2.45) is 5.73 Å². The molecular formula is C11H6ClN3O2S. The van der Waals surface area contributed by atoms with Crippen molar-refractivity contribution in [2.45, 2.75) is 0 Å². The molecule has 0 aliphatic carbocycles. The molecule has 2 aromatic rings. The van der Waals surface area contributed by atoms with Crippen LogP contribution in [-0.4, -0.2) is 10.3 Å². The summed E-state index contributed by atoms with van der Waals surface area (Å²) in [6.45, 7) is 0. The Kier molecular flexibility index (Phi) is 3.46. The number of rotatable bonds is 3. The van der Waals surface area contributed by atoms with Crippen LogP contribution in [0.25, 0.3) is 0 Å². The van der Waals surface area contributed by atoms with Gasteiger partial charge in [-0.05, 0) is 24.3 Å². The van der Waals surface area contributed by atoms with Crippen molar-refractivity contribution in [3.8, 4) is 16.9 Å². The van der Waals surface area contributed by atoms with Gasteiger partial charge in [-0.25, -0.2) is 0 Å². The summed E-state index contributed by atoms with van der Waals surface area (Å²) in [5.74, 6) is -0.0445. The van der Waals surface area contributed by atoms with Gasteiger partial charge >= 0.3 is 0 Å². The lowest BCUT2D eigenvalue weighted by Crippen LogP contribution is -2.10. The molecule has 5 nitrogen and oxygen atoms in total. The monoisotopic (exact) mass is 279 g/mol. The minimum absolute atomic E-state index is 0.117. The van der Waals surface area contributed by atoms with Crippen molar-refractivity contribution in [3.63, 3.8) is 0 Å². The lowest BCUT2D eigenvalue weighted by atomic mass is 10.2. The van der Waals surface area contributed by atoms with E-state index in [2.05, 4.69) is 4.37 Å². The summed E-state index contributed by atoms with van der Waals surface area (Å²) >= 11 is 6.70. The predicted octanol–water partition coefficient (Wildman–Crippen LogP) is 2.56. The molecule has 90 valence electrons. The molecular weight excluding hydrogens is 274 g/mol. The fraction of sp³-hybridized carbons (Fsp3) is 0. The van der Waals surface area contributed by atoms with Gasteiger partial charge in [0.05, 0.1) is 0 Å². The maximum Gasteiger partial charge on any atom is 0.248 e. The second-order valence-corrected chi connectivity index (χ2v) is 4.33. The Hall–Kier alpha value is -2.10. The van der Waals surface area contributed by atoms with Crippen LogP contribution in [0.3, 0.4) is 0 Å². The highest BCUT2D eigenvalue weighted by atomic mass is 35.5. The number of aromatic nitrogens is 1. The smallest absolute Gasteiger partial charge is 0.248 e. The van der Waals surface area contributed by atoms with Crippen LogP contribution in [-0.2, 0) is 0 Å². The van der Waals surface area contributed by atoms with Crippen molar-refractivity contribution in [1.82, 2.24) is 4.37 Å². The van der Waals surface area contributed by atoms with E-state index in [4.69, 9.17) is 27.3 Å². The molecule has 0 spiro atoms. The van der Waals surface area contributed by atoms with E-state index < -0.39 is 5.91 Å². The molecule has 1 aromatic carbocycles. The lowest BCUT2D eigenvalue weighted by Gasteiger charge is -2.03. The number of carbonyl (C=O) groups is 1. The summed E-state index contributed by atoms with van der Waals surface area (Å²) in [5.41, 5.74) is 5.69. The number of benzene rings is 1. The largest absolute Gasteiger partial charge is 0.444 e. The molecule has 0 aliphatic rings. The minimum Gasteiger partial charge on any atom is -0.444 e. The molecule has 7 heteroatoms. The van der Waals surface area contributed by atoms with Gasteiger partial charge in [-0.15, -0.1) is 0 Å². The summed E-state index contributed by atoms with van der Waals surface area (Å²) in [6, 6.07) is 8.14. The zero-order valence-electron chi connectivity index (χ0n) is 8.88. The summed E-state index contributed by atoms with van der Waals surface area (Å²) in [5, 5.41) is 9.31. The van der Waals surface area contributed by atoms with E-state index in [-0.39, 0.29) is 10.7 Å². The molecule has 0 atom stereocenters. The van der Waals surface area contributed by atoms with E-state index in [0.717, 1.165) is 11.5 Å². The standard InChI is InChI=1S/C11H6ClN3O2S/c12-9-8(5-13)11(18-15-9)17-7-3-1-6(2-4-7)10(14)16/h1-4H,(H2,14,16). The topological polar surface area (TPSA) is 89.0 Å². The number of primary amides is 1. The van der Waals surface area contributed by atoms with Gasteiger partial charge in [0.2, 0.25) is 11.0 Å². The number of halogens is 1. The second kappa shape index (κ2) is 5.04. The van der Waals surface area contributed by atoms with Crippen molar-refractivity contribution in [3.05, 3.63) is 40.5 Å². The van der Waals surface area contributed by atoms with Gasteiger partial charge in [0.1, 0.15) is 17.4 Å². The molecule has 0 unspecified atom stereocenters. The van der Waals surface area contributed by atoms with Crippen molar-refractivity contribution in [1.29, 1.82) is 5.26 Å². The number of nitrogens with zero attached hydrogens (tertiary/aromatic N) is 2. The third kappa shape index (κ3) is 2.42. The number of amides is 1. The van der Waals surface area contributed by atoms with Crippen LogP contribution in [0.15, 0.2) is 24.3 Å². The molecule has 0 saturated carbocycles. The van der Waals surface area contributed by atoms with Gasteiger partial charge < -0.3 is 10.5 Å². The van der Waals surface area contributed by atoms with Crippen molar-refractivity contribution in [2.75, 3.05) is 0 Å². The van der Waals surface area contributed by atoms with Gasteiger partial charge in [-0.1, -0.05) is 11.6 Å². The summed E-state index contributed by atoms with van der Waals surface area (Å²) in [7, 11) is 0. The normalized spacial score (nSPS) is 9.78. The van der Waals surface area contributed by atoms with Crippen molar-refractivity contribution >= 4 is 29.0 Å². The van der Waals surface area contributed by atoms with E-state index >= 15 is 0 Å². The summed E-state index contributed by atoms with van der Waals surface area (Å²) < 4.78 is 9.27. The fourth-order valence-corrected chi connectivity index (χ4v) is 2.12. The highest BCUT2D eigenvalue weighted by Crippen LogP contribution is 2.33. The van der Waals surface area contributed by atoms with Crippen LogP contribution in [0.4, 0.5) is 0 Å². The predicted molar refractivity (Wildman–Crippen MR) is 66.9 cm³/mol. The van der Waals surface area contributed by atoms with E-state index in [9.17, 15) is 4.79 Å². The zero-order valence-corrected chi connectivity index (χ0v) is 10.5. The quantitative estimate of drug-likeness (QED) is 0.935. The molecule has 0 aliphatic heterocycles. The maximum absolute atomic E-state index is 10.9. The van der Waals surface area contributed by atoms with Crippen LogP contribution >= 0.6 is 23.1 Å². The van der Waals surface area contributed by atoms with Gasteiger partial charge in [0.25, 0.3) is 0 Å². The van der Waals surface area contributed by atoms with Crippen LogP contribution in [0.5, 0.6) is 10.8 Å². The number of nitriles is 1. The molecule has 1 amide bonds. The third-order valence-electron chi connectivity index (χ3n) is 2.08. The number of ether oxygens (including phenoxy) is 1. The molecule has 2 rings (SSSR count). The Balaban J connectivity index is 2.24. The van der Waals surface area contributed by atoms with Gasteiger partial charge in [0, 0.05) is 17.1 Å². The minimum atomic E-state index is -0.514. The van der Waals surface area contributed by atoms with E-state index in [1.54, 1.807) is 12.1 Å². The molecule has 2 N–H and O–H groups in total. The van der Waals surface area contributed by atoms with Crippen LogP contribution in [0.2, 0.25) is 5.15 Å². The van der Waals surface area contributed by atoms with Crippen LogP contribution < -0.4 is 10.5 Å². The molecule has 0 fully saturated rings. The Morgan fingerprint density at radius 1 is 1.44 bits per heavy atom. The Labute approximate surface area is 112 Å². The van der Waals surface area contributed by atoms with E-state index in [1.165, 1.54) is 12.1 Å². The van der Waals surface area contributed by atoms with Crippen LogP contribution in [0, 0.1) is 11.3 Å². The third-order valence-corrected chi connectivity index (χ3v) is 3.18. The van der Waals surface area contributed by atoms with Gasteiger partial charge in [0.15, 0.2) is 5.15 Å². The fourth-order valence-electron chi connectivity index (χ4n) is 1.21. The Morgan fingerprint density at radius 3 is 2.67 bits per heavy atom. The molecule has 0 radical (unpaired) electrons. The van der Waals surface area contributed by atoms with Gasteiger partial charge in [-0.3, -0.25) is 4.79 Å². The van der Waals surface area contributed by atoms with E-state index in [1.807, 2.05) is 6.07 Å². The summed E-state index contributed by atoms with van der Waals surface area (Å²) in [4.78, 5) is 10.9. The highest BCUT2D eigenvalue weighted by molar-refractivity contribution is 7.08.